The summed E-state index contributed by atoms with van der Waals surface area (Å²) >= 11 is 0. The van der Waals surface area contributed by atoms with E-state index in [9.17, 15) is 0 Å². The number of benzene rings is 4. The Morgan fingerprint density at radius 2 is 0.763 bits per heavy atom. The molecule has 4 aromatic carbocycles. The standard InChI is InChI=1S/C38H44/c1-25-11-21-31-32-22-12-26(2)24-34(32)38(10,30-19-15-28(16-20-30)36(6,7)8)37(9,33(31)23-25)29-17-13-27(14-18-29)35(3,4)5/h11-24H,1-10H3. The number of hydrogen-bond acceptors (Lipinski definition) is 0. The Morgan fingerprint density at radius 1 is 0.447 bits per heavy atom. The molecular weight excluding hydrogens is 456 g/mol. The zero-order valence-electron chi connectivity index (χ0n) is 25.1. The first-order valence-electron chi connectivity index (χ1n) is 14.1. The highest BCUT2D eigenvalue weighted by molar-refractivity contribution is 5.81. The minimum absolute atomic E-state index is 0.121. The van der Waals surface area contributed by atoms with Crippen molar-refractivity contribution in [2.75, 3.05) is 0 Å². The highest BCUT2D eigenvalue weighted by Gasteiger charge is 2.54. The third-order valence-corrected chi connectivity index (χ3v) is 9.37. The average Bonchev–Trinajstić information content (AvgIpc) is 2.86. The molecule has 1 aliphatic rings. The zero-order chi connectivity index (χ0) is 27.7. The molecular formula is C38H44. The molecule has 2 atom stereocenters. The highest BCUT2D eigenvalue weighted by Crippen LogP contribution is 2.60. The van der Waals surface area contributed by atoms with Crippen LogP contribution in [0.4, 0.5) is 0 Å². The summed E-state index contributed by atoms with van der Waals surface area (Å²) in [5.74, 6) is 0. The van der Waals surface area contributed by atoms with Gasteiger partial charge in [-0.2, -0.15) is 0 Å². The van der Waals surface area contributed by atoms with E-state index >= 15 is 0 Å². The second kappa shape index (κ2) is 8.70. The molecule has 0 bridgehead atoms. The third-order valence-electron chi connectivity index (χ3n) is 9.37. The van der Waals surface area contributed by atoms with E-state index in [-0.39, 0.29) is 21.7 Å². The van der Waals surface area contributed by atoms with Crippen molar-refractivity contribution in [3.8, 4) is 11.1 Å². The van der Waals surface area contributed by atoms with Gasteiger partial charge in [-0.3, -0.25) is 0 Å². The summed E-state index contributed by atoms with van der Waals surface area (Å²) in [4.78, 5) is 0. The van der Waals surface area contributed by atoms with Crippen LogP contribution >= 0.6 is 0 Å². The lowest BCUT2D eigenvalue weighted by molar-refractivity contribution is 0.355. The maximum Gasteiger partial charge on any atom is 0.0315 e. The van der Waals surface area contributed by atoms with Gasteiger partial charge in [0.25, 0.3) is 0 Å². The van der Waals surface area contributed by atoms with Crippen molar-refractivity contribution in [3.05, 3.63) is 129 Å². The van der Waals surface area contributed by atoms with Crippen LogP contribution in [0, 0.1) is 13.8 Å². The van der Waals surface area contributed by atoms with Crippen molar-refractivity contribution >= 4 is 0 Å². The molecule has 0 saturated heterocycles. The maximum absolute atomic E-state index is 2.49. The molecule has 0 aliphatic heterocycles. The quantitative estimate of drug-likeness (QED) is 0.257. The van der Waals surface area contributed by atoms with Crippen LogP contribution in [0.5, 0.6) is 0 Å². The number of fused-ring (bicyclic) bond motifs is 3. The van der Waals surface area contributed by atoms with Gasteiger partial charge >= 0.3 is 0 Å². The van der Waals surface area contributed by atoms with E-state index in [2.05, 4.69) is 154 Å². The Kier molecular flexibility index (Phi) is 6.06. The molecule has 1 aliphatic carbocycles. The molecule has 4 aromatic rings. The van der Waals surface area contributed by atoms with Crippen molar-refractivity contribution in [1.29, 1.82) is 0 Å². The lowest BCUT2D eigenvalue weighted by Gasteiger charge is -2.53. The smallest absolute Gasteiger partial charge is 0.0315 e. The fraction of sp³-hybridized carbons (Fsp3) is 0.368. The van der Waals surface area contributed by atoms with Crippen molar-refractivity contribution in [2.24, 2.45) is 0 Å². The van der Waals surface area contributed by atoms with Crippen LogP contribution < -0.4 is 0 Å². The average molecular weight is 501 g/mol. The number of hydrogen-bond donors (Lipinski definition) is 0. The van der Waals surface area contributed by atoms with Crippen LogP contribution in [0.1, 0.15) is 99.9 Å². The fourth-order valence-corrected chi connectivity index (χ4v) is 6.65. The molecule has 38 heavy (non-hydrogen) atoms. The normalized spacial score (nSPS) is 21.1. The lowest BCUT2D eigenvalue weighted by atomic mass is 9.49. The summed E-state index contributed by atoms with van der Waals surface area (Å²) < 4.78 is 0. The van der Waals surface area contributed by atoms with Crippen molar-refractivity contribution < 1.29 is 0 Å². The largest absolute Gasteiger partial charge is 0.0587 e. The first-order chi connectivity index (χ1) is 17.7. The van der Waals surface area contributed by atoms with Crippen LogP contribution in [0.2, 0.25) is 0 Å². The molecule has 5 rings (SSSR count). The molecule has 0 spiro atoms. The SMILES string of the molecule is Cc1ccc2c(c1)C(C)(c1ccc(C(C)(C)C)cc1)C(C)(c1ccc(C(C)(C)C)cc1)c1cc(C)ccc1-2. The van der Waals surface area contributed by atoms with Gasteiger partial charge in [0.15, 0.2) is 0 Å². The first-order valence-corrected chi connectivity index (χ1v) is 14.1. The Hall–Kier alpha value is -3.12. The molecule has 0 heterocycles. The summed E-state index contributed by atoms with van der Waals surface area (Å²) in [6.07, 6.45) is 0. The van der Waals surface area contributed by atoms with E-state index in [0.29, 0.717) is 0 Å². The van der Waals surface area contributed by atoms with Crippen LogP contribution in [0.3, 0.4) is 0 Å². The predicted molar refractivity (Wildman–Crippen MR) is 165 cm³/mol. The molecule has 0 aromatic heterocycles. The molecule has 0 heteroatoms. The minimum atomic E-state index is -0.269. The van der Waals surface area contributed by atoms with E-state index in [1.807, 2.05) is 0 Å². The van der Waals surface area contributed by atoms with E-state index < -0.39 is 0 Å². The third kappa shape index (κ3) is 3.96. The molecule has 196 valence electrons. The van der Waals surface area contributed by atoms with Crippen LogP contribution in [0.15, 0.2) is 84.9 Å². The van der Waals surface area contributed by atoms with Crippen LogP contribution in [-0.2, 0) is 21.7 Å². The number of rotatable bonds is 2. The van der Waals surface area contributed by atoms with Gasteiger partial charge in [0.2, 0.25) is 0 Å². The molecule has 0 nitrogen and oxygen atoms in total. The predicted octanol–water partition coefficient (Wildman–Crippen LogP) is 10.2. The van der Waals surface area contributed by atoms with E-state index in [4.69, 9.17) is 0 Å². The Balaban J connectivity index is 1.87. The van der Waals surface area contributed by atoms with Gasteiger partial charge in [-0.1, -0.05) is 151 Å². The molecule has 0 radical (unpaired) electrons. The molecule has 0 saturated carbocycles. The summed E-state index contributed by atoms with van der Waals surface area (Å²) in [6, 6.07) is 33.1. The first kappa shape index (κ1) is 26.5. The lowest BCUT2D eigenvalue weighted by Crippen LogP contribution is -2.49. The summed E-state index contributed by atoms with van der Waals surface area (Å²) in [5.41, 5.74) is 13.3. The Bertz CT molecular complexity index is 1370. The topological polar surface area (TPSA) is 0 Å². The Morgan fingerprint density at radius 3 is 1.05 bits per heavy atom. The molecule has 2 unspecified atom stereocenters. The van der Waals surface area contributed by atoms with E-state index in [0.717, 1.165) is 0 Å². The van der Waals surface area contributed by atoms with Gasteiger partial charge in [-0.05, 0) is 69.2 Å². The highest BCUT2D eigenvalue weighted by atomic mass is 14.6. The minimum Gasteiger partial charge on any atom is -0.0587 e. The van der Waals surface area contributed by atoms with E-state index in [1.165, 1.54) is 55.6 Å². The van der Waals surface area contributed by atoms with Gasteiger partial charge in [-0.15, -0.1) is 0 Å². The molecule has 0 amide bonds. The van der Waals surface area contributed by atoms with Crippen LogP contribution in [0.25, 0.3) is 11.1 Å². The van der Waals surface area contributed by atoms with Gasteiger partial charge in [0.1, 0.15) is 0 Å². The van der Waals surface area contributed by atoms with Crippen molar-refractivity contribution in [3.63, 3.8) is 0 Å². The number of aryl methyl sites for hydroxylation is 2. The summed E-state index contributed by atoms with van der Waals surface area (Å²) in [6.45, 7) is 23.2. The summed E-state index contributed by atoms with van der Waals surface area (Å²) in [7, 11) is 0. The Labute approximate surface area is 231 Å². The van der Waals surface area contributed by atoms with Gasteiger partial charge in [0.05, 0.1) is 0 Å². The van der Waals surface area contributed by atoms with Gasteiger partial charge < -0.3 is 0 Å². The van der Waals surface area contributed by atoms with Gasteiger partial charge in [-0.25, -0.2) is 0 Å². The zero-order valence-corrected chi connectivity index (χ0v) is 25.1. The van der Waals surface area contributed by atoms with Crippen molar-refractivity contribution in [2.45, 2.75) is 90.9 Å². The molecule has 0 N–H and O–H groups in total. The second-order valence-corrected chi connectivity index (χ2v) is 14.0. The van der Waals surface area contributed by atoms with Gasteiger partial charge in [0, 0.05) is 10.8 Å². The fourth-order valence-electron chi connectivity index (χ4n) is 6.65. The second-order valence-electron chi connectivity index (χ2n) is 14.0. The van der Waals surface area contributed by atoms with Crippen LogP contribution in [-0.4, -0.2) is 0 Å². The van der Waals surface area contributed by atoms with E-state index in [1.54, 1.807) is 0 Å². The molecule has 0 fully saturated rings. The monoisotopic (exact) mass is 500 g/mol. The summed E-state index contributed by atoms with van der Waals surface area (Å²) in [5, 5.41) is 0. The van der Waals surface area contributed by atoms with Crippen molar-refractivity contribution in [1.82, 2.24) is 0 Å². The maximum atomic E-state index is 2.49.